The molecule has 3 heterocycles. The molecular formula is C12H15N7. The lowest BCUT2D eigenvalue weighted by Gasteiger charge is -2.16. The van der Waals surface area contributed by atoms with E-state index in [9.17, 15) is 0 Å². The zero-order valence-electron chi connectivity index (χ0n) is 10.9. The first-order valence-electron chi connectivity index (χ1n) is 6.16. The Kier molecular flexibility index (Phi) is 2.96. The molecule has 7 nitrogen and oxygen atoms in total. The summed E-state index contributed by atoms with van der Waals surface area (Å²) in [6.45, 7) is 2.91. The molecule has 0 aliphatic rings. The predicted octanol–water partition coefficient (Wildman–Crippen LogP) is 0.557. The molecule has 0 aliphatic heterocycles. The highest BCUT2D eigenvalue weighted by molar-refractivity contribution is 5.54. The molecule has 0 aromatic carbocycles. The average Bonchev–Trinajstić information content (AvgIpc) is 3.03. The van der Waals surface area contributed by atoms with Crippen LogP contribution < -0.4 is 5.32 Å². The highest BCUT2D eigenvalue weighted by atomic mass is 15.4. The zero-order valence-corrected chi connectivity index (χ0v) is 10.9. The molecular weight excluding hydrogens is 242 g/mol. The first-order chi connectivity index (χ1) is 9.31. The van der Waals surface area contributed by atoms with Gasteiger partial charge in [0.2, 0.25) is 0 Å². The van der Waals surface area contributed by atoms with Crippen LogP contribution in [0, 0.1) is 0 Å². The van der Waals surface area contributed by atoms with Gasteiger partial charge >= 0.3 is 0 Å². The second-order valence-corrected chi connectivity index (χ2v) is 4.28. The van der Waals surface area contributed by atoms with Crippen LogP contribution in [0.4, 0.5) is 0 Å². The first kappa shape index (κ1) is 11.8. The molecule has 3 rings (SSSR count). The fraction of sp³-hybridized carbons (Fsp3) is 0.333. The van der Waals surface area contributed by atoms with Gasteiger partial charge in [0.25, 0.3) is 0 Å². The van der Waals surface area contributed by atoms with E-state index in [0.29, 0.717) is 0 Å². The van der Waals surface area contributed by atoms with Gasteiger partial charge in [-0.3, -0.25) is 9.67 Å². The lowest BCUT2D eigenvalue weighted by atomic mass is 10.1. The van der Waals surface area contributed by atoms with Gasteiger partial charge in [0.1, 0.15) is 0 Å². The number of aromatic nitrogens is 6. The van der Waals surface area contributed by atoms with Gasteiger partial charge in [-0.15, -0.1) is 5.10 Å². The van der Waals surface area contributed by atoms with Crippen molar-refractivity contribution in [3.8, 4) is 0 Å². The number of nitrogens with zero attached hydrogens (tertiary/aromatic N) is 6. The van der Waals surface area contributed by atoms with Crippen LogP contribution in [0.25, 0.3) is 5.52 Å². The van der Waals surface area contributed by atoms with Gasteiger partial charge in [-0.25, -0.2) is 4.52 Å². The van der Waals surface area contributed by atoms with Crippen molar-refractivity contribution in [3.63, 3.8) is 0 Å². The molecule has 7 heteroatoms. The molecule has 3 aromatic heterocycles. The molecule has 0 aliphatic carbocycles. The van der Waals surface area contributed by atoms with E-state index in [2.05, 4.69) is 32.6 Å². The van der Waals surface area contributed by atoms with Crippen LogP contribution in [-0.2, 0) is 7.05 Å². The van der Waals surface area contributed by atoms with Crippen LogP contribution in [0.1, 0.15) is 24.2 Å². The van der Waals surface area contributed by atoms with Crippen LogP contribution in [0.2, 0.25) is 0 Å². The Morgan fingerprint density at radius 1 is 1.32 bits per heavy atom. The minimum Gasteiger partial charge on any atom is -0.305 e. The Morgan fingerprint density at radius 2 is 2.21 bits per heavy atom. The van der Waals surface area contributed by atoms with E-state index in [-0.39, 0.29) is 6.04 Å². The van der Waals surface area contributed by atoms with Crippen molar-refractivity contribution in [2.24, 2.45) is 7.05 Å². The summed E-state index contributed by atoms with van der Waals surface area (Å²) in [4.78, 5) is 4.17. The Balaban J connectivity index is 2.12. The number of hydrogen-bond acceptors (Lipinski definition) is 5. The molecule has 1 N–H and O–H groups in total. The summed E-state index contributed by atoms with van der Waals surface area (Å²) in [7, 11) is 1.89. The average molecular weight is 257 g/mol. The third-order valence-electron chi connectivity index (χ3n) is 3.12. The summed E-state index contributed by atoms with van der Waals surface area (Å²) in [6, 6.07) is 0.00620. The number of fused-ring (bicyclic) bond motifs is 1. The summed E-state index contributed by atoms with van der Waals surface area (Å²) in [5.41, 5.74) is 3.05. The Morgan fingerprint density at radius 3 is 2.95 bits per heavy atom. The number of aryl methyl sites for hydroxylation is 1. The van der Waals surface area contributed by atoms with E-state index in [1.54, 1.807) is 17.1 Å². The van der Waals surface area contributed by atoms with E-state index < -0.39 is 0 Å². The maximum absolute atomic E-state index is 4.35. The number of nitrogens with one attached hydrogen (secondary N) is 1. The third kappa shape index (κ3) is 1.97. The van der Waals surface area contributed by atoms with Gasteiger partial charge < -0.3 is 5.32 Å². The topological polar surface area (TPSA) is 72.9 Å². The van der Waals surface area contributed by atoms with Gasteiger partial charge in [0.15, 0.2) is 0 Å². The lowest BCUT2D eigenvalue weighted by Crippen LogP contribution is -2.24. The summed E-state index contributed by atoms with van der Waals surface area (Å²) >= 11 is 0. The fourth-order valence-electron chi connectivity index (χ4n) is 2.21. The number of hydrogen-bond donors (Lipinski definition) is 1. The van der Waals surface area contributed by atoms with Crippen molar-refractivity contribution in [2.45, 2.75) is 13.0 Å². The summed E-state index contributed by atoms with van der Waals surface area (Å²) in [5.74, 6) is 0. The zero-order chi connectivity index (χ0) is 13.2. The molecule has 3 aromatic rings. The summed E-state index contributed by atoms with van der Waals surface area (Å²) in [5, 5.41) is 15.7. The SMILES string of the molecule is CCNC(c1cnn2ccncc12)c1cnnn1C. The molecule has 98 valence electrons. The second-order valence-electron chi connectivity index (χ2n) is 4.28. The molecule has 19 heavy (non-hydrogen) atoms. The van der Waals surface area contributed by atoms with Gasteiger partial charge in [0, 0.05) is 25.0 Å². The fourth-order valence-corrected chi connectivity index (χ4v) is 2.21. The number of rotatable bonds is 4. The van der Waals surface area contributed by atoms with Crippen molar-refractivity contribution >= 4 is 5.52 Å². The first-order valence-corrected chi connectivity index (χ1v) is 6.16. The van der Waals surface area contributed by atoms with Crippen molar-refractivity contribution in [1.82, 2.24) is 34.9 Å². The summed E-state index contributed by atoms with van der Waals surface area (Å²) < 4.78 is 3.59. The predicted molar refractivity (Wildman–Crippen MR) is 69.5 cm³/mol. The molecule has 0 saturated carbocycles. The Bertz CT molecular complexity index is 684. The molecule has 0 amide bonds. The van der Waals surface area contributed by atoms with E-state index >= 15 is 0 Å². The lowest BCUT2D eigenvalue weighted by molar-refractivity contribution is 0.570. The van der Waals surface area contributed by atoms with E-state index in [1.807, 2.05) is 30.2 Å². The summed E-state index contributed by atoms with van der Waals surface area (Å²) in [6.07, 6.45) is 9.00. The van der Waals surface area contributed by atoms with Gasteiger partial charge in [-0.2, -0.15) is 5.10 Å². The Hall–Kier alpha value is -2.28. The minimum atomic E-state index is 0.00620. The van der Waals surface area contributed by atoms with Crippen LogP contribution in [-0.4, -0.2) is 36.1 Å². The highest BCUT2D eigenvalue weighted by Gasteiger charge is 2.20. The van der Waals surface area contributed by atoms with E-state index in [0.717, 1.165) is 23.3 Å². The van der Waals surface area contributed by atoms with Crippen LogP contribution in [0.15, 0.2) is 31.0 Å². The van der Waals surface area contributed by atoms with Crippen molar-refractivity contribution in [3.05, 3.63) is 42.2 Å². The Labute approximate surface area is 110 Å². The maximum Gasteiger partial charge on any atom is 0.0896 e. The van der Waals surface area contributed by atoms with Crippen molar-refractivity contribution < 1.29 is 0 Å². The third-order valence-corrected chi connectivity index (χ3v) is 3.12. The quantitative estimate of drug-likeness (QED) is 0.739. The van der Waals surface area contributed by atoms with Crippen molar-refractivity contribution in [1.29, 1.82) is 0 Å². The molecule has 0 bridgehead atoms. The van der Waals surface area contributed by atoms with Crippen LogP contribution in [0.3, 0.4) is 0 Å². The largest absolute Gasteiger partial charge is 0.305 e. The van der Waals surface area contributed by atoms with Crippen LogP contribution in [0.5, 0.6) is 0 Å². The molecule has 0 fully saturated rings. The maximum atomic E-state index is 4.35. The van der Waals surface area contributed by atoms with Crippen molar-refractivity contribution in [2.75, 3.05) is 6.54 Å². The van der Waals surface area contributed by atoms with Crippen LogP contribution >= 0.6 is 0 Å². The van der Waals surface area contributed by atoms with E-state index in [1.165, 1.54) is 0 Å². The van der Waals surface area contributed by atoms with E-state index in [4.69, 9.17) is 0 Å². The standard InChI is InChI=1S/C12H15N7/c1-3-14-12(11-8-15-17-18(11)2)9-6-16-19-5-4-13-7-10(9)19/h4-8,12,14H,3H2,1-2H3. The van der Waals surface area contributed by atoms with Gasteiger partial charge in [-0.1, -0.05) is 12.1 Å². The van der Waals surface area contributed by atoms with Gasteiger partial charge in [0.05, 0.1) is 35.8 Å². The molecule has 0 radical (unpaired) electrons. The molecule has 0 spiro atoms. The highest BCUT2D eigenvalue weighted by Crippen LogP contribution is 2.24. The molecule has 0 saturated heterocycles. The molecule has 1 atom stereocenters. The molecule has 1 unspecified atom stereocenters. The second kappa shape index (κ2) is 4.77. The van der Waals surface area contributed by atoms with Gasteiger partial charge in [-0.05, 0) is 6.54 Å². The normalized spacial score (nSPS) is 12.9. The smallest absolute Gasteiger partial charge is 0.0896 e. The minimum absolute atomic E-state index is 0.00620. The monoisotopic (exact) mass is 257 g/mol.